The number of aliphatic carboxylic acids is 1. The summed E-state index contributed by atoms with van der Waals surface area (Å²) in [5, 5.41) is 19.9. The molecular weight excluding hydrogens is 292 g/mol. The van der Waals surface area contributed by atoms with E-state index in [1.165, 1.54) is 30.0 Å². The average Bonchev–Trinajstić information content (AvgIpc) is 3.30. The SMILES string of the molecule is CC(C(=O)O)N(C(=O)COc1ccccc1[N+](=O)[O-])C1CC1. The van der Waals surface area contributed by atoms with Gasteiger partial charge in [-0.2, -0.15) is 0 Å². The van der Waals surface area contributed by atoms with Gasteiger partial charge in [-0.3, -0.25) is 14.9 Å². The molecule has 2 rings (SSSR count). The standard InChI is InChI=1S/C14H16N2O6/c1-9(14(18)19)15(10-6-7-10)13(17)8-22-12-5-3-2-4-11(12)16(20)21/h2-5,9-10H,6-8H2,1H3,(H,18,19). The number of carboxylic acids is 1. The van der Waals surface area contributed by atoms with E-state index in [-0.39, 0.29) is 17.5 Å². The zero-order valence-electron chi connectivity index (χ0n) is 12.0. The monoisotopic (exact) mass is 308 g/mol. The number of nitrogens with zero attached hydrogens (tertiary/aromatic N) is 2. The summed E-state index contributed by atoms with van der Waals surface area (Å²) >= 11 is 0. The van der Waals surface area contributed by atoms with Gasteiger partial charge in [0.05, 0.1) is 4.92 Å². The molecule has 1 saturated carbocycles. The lowest BCUT2D eigenvalue weighted by atomic mass is 10.2. The zero-order chi connectivity index (χ0) is 16.3. The second-order valence-electron chi connectivity index (χ2n) is 5.06. The number of amides is 1. The molecular formula is C14H16N2O6. The van der Waals surface area contributed by atoms with Gasteiger partial charge in [-0.1, -0.05) is 12.1 Å². The maximum absolute atomic E-state index is 12.2. The smallest absolute Gasteiger partial charge is 0.326 e. The summed E-state index contributed by atoms with van der Waals surface area (Å²) in [6, 6.07) is 4.69. The Kier molecular flexibility index (Phi) is 4.59. The lowest BCUT2D eigenvalue weighted by Gasteiger charge is -2.26. The first kappa shape index (κ1) is 15.7. The van der Waals surface area contributed by atoms with Gasteiger partial charge < -0.3 is 14.7 Å². The van der Waals surface area contributed by atoms with Gasteiger partial charge in [0.1, 0.15) is 6.04 Å². The number of rotatable bonds is 7. The Balaban J connectivity index is 2.05. The first-order valence-electron chi connectivity index (χ1n) is 6.82. The number of carbonyl (C=O) groups is 2. The van der Waals surface area contributed by atoms with E-state index in [1.54, 1.807) is 6.07 Å². The van der Waals surface area contributed by atoms with E-state index >= 15 is 0 Å². The van der Waals surface area contributed by atoms with Gasteiger partial charge in [0.2, 0.25) is 0 Å². The Morgan fingerprint density at radius 3 is 2.64 bits per heavy atom. The Morgan fingerprint density at radius 1 is 1.45 bits per heavy atom. The molecule has 0 saturated heterocycles. The maximum atomic E-state index is 12.2. The molecule has 1 aromatic rings. The minimum Gasteiger partial charge on any atom is -0.480 e. The largest absolute Gasteiger partial charge is 0.480 e. The molecule has 1 aliphatic carbocycles. The van der Waals surface area contributed by atoms with Crippen LogP contribution in [0.5, 0.6) is 5.75 Å². The van der Waals surface area contributed by atoms with E-state index in [0.29, 0.717) is 0 Å². The molecule has 0 aromatic heterocycles. The van der Waals surface area contributed by atoms with Gasteiger partial charge in [-0.15, -0.1) is 0 Å². The molecule has 1 aliphatic rings. The number of para-hydroxylation sites is 2. The van der Waals surface area contributed by atoms with Crippen molar-refractivity contribution in [2.45, 2.75) is 31.8 Å². The highest BCUT2D eigenvalue weighted by Crippen LogP contribution is 2.30. The van der Waals surface area contributed by atoms with Gasteiger partial charge in [0.25, 0.3) is 5.91 Å². The molecule has 1 fully saturated rings. The Morgan fingerprint density at radius 2 is 2.09 bits per heavy atom. The van der Waals surface area contributed by atoms with Crippen LogP contribution in [-0.4, -0.2) is 45.5 Å². The number of ether oxygens (including phenoxy) is 1. The normalized spacial score (nSPS) is 15.0. The molecule has 8 nitrogen and oxygen atoms in total. The van der Waals surface area contributed by atoms with Crippen LogP contribution in [0.15, 0.2) is 24.3 Å². The summed E-state index contributed by atoms with van der Waals surface area (Å²) in [7, 11) is 0. The fourth-order valence-electron chi connectivity index (χ4n) is 2.15. The molecule has 0 spiro atoms. The highest BCUT2D eigenvalue weighted by atomic mass is 16.6. The summed E-state index contributed by atoms with van der Waals surface area (Å²) in [6.45, 7) is 1.00. The van der Waals surface area contributed by atoms with Gasteiger partial charge >= 0.3 is 11.7 Å². The van der Waals surface area contributed by atoms with E-state index in [4.69, 9.17) is 9.84 Å². The fourth-order valence-corrected chi connectivity index (χ4v) is 2.15. The van der Waals surface area contributed by atoms with Crippen molar-refractivity contribution in [2.24, 2.45) is 0 Å². The molecule has 1 unspecified atom stereocenters. The number of carbonyl (C=O) groups excluding carboxylic acids is 1. The third-order valence-corrected chi connectivity index (χ3v) is 3.42. The van der Waals surface area contributed by atoms with E-state index in [9.17, 15) is 19.7 Å². The highest BCUT2D eigenvalue weighted by molar-refractivity contribution is 5.85. The number of hydrogen-bond acceptors (Lipinski definition) is 5. The molecule has 0 aliphatic heterocycles. The lowest BCUT2D eigenvalue weighted by molar-refractivity contribution is -0.385. The summed E-state index contributed by atoms with van der Waals surface area (Å²) in [5.74, 6) is -1.60. The van der Waals surface area contributed by atoms with Crippen LogP contribution in [0.3, 0.4) is 0 Å². The van der Waals surface area contributed by atoms with Crippen LogP contribution in [0.1, 0.15) is 19.8 Å². The van der Waals surface area contributed by atoms with Crippen molar-refractivity contribution in [3.8, 4) is 5.75 Å². The van der Waals surface area contributed by atoms with E-state index in [1.807, 2.05) is 0 Å². The highest BCUT2D eigenvalue weighted by Gasteiger charge is 2.38. The van der Waals surface area contributed by atoms with Gasteiger partial charge in [0, 0.05) is 12.1 Å². The van der Waals surface area contributed by atoms with Crippen molar-refractivity contribution in [2.75, 3.05) is 6.61 Å². The molecule has 0 bridgehead atoms. The van der Waals surface area contributed by atoms with E-state index in [2.05, 4.69) is 0 Å². The molecule has 0 radical (unpaired) electrons. The fraction of sp³-hybridized carbons (Fsp3) is 0.429. The number of benzene rings is 1. The first-order valence-corrected chi connectivity index (χ1v) is 6.82. The van der Waals surface area contributed by atoms with Crippen LogP contribution in [0.25, 0.3) is 0 Å². The molecule has 22 heavy (non-hydrogen) atoms. The number of nitro groups is 1. The third kappa shape index (κ3) is 3.51. The van der Waals surface area contributed by atoms with Gasteiger partial charge in [-0.25, -0.2) is 4.79 Å². The first-order chi connectivity index (χ1) is 10.4. The Hall–Kier alpha value is -2.64. The minimum atomic E-state index is -1.09. The van der Waals surface area contributed by atoms with Gasteiger partial charge in [-0.05, 0) is 25.8 Å². The van der Waals surface area contributed by atoms with E-state index in [0.717, 1.165) is 12.8 Å². The predicted octanol–water partition coefficient (Wildman–Crippen LogP) is 1.44. The summed E-state index contributed by atoms with van der Waals surface area (Å²) < 4.78 is 5.22. The number of carboxylic acid groups (broad SMARTS) is 1. The molecule has 0 heterocycles. The van der Waals surface area contributed by atoms with Crippen molar-refractivity contribution in [1.82, 2.24) is 4.90 Å². The average molecular weight is 308 g/mol. The predicted molar refractivity (Wildman–Crippen MR) is 75.6 cm³/mol. The molecule has 8 heteroatoms. The Bertz CT molecular complexity index is 599. The second-order valence-corrected chi connectivity index (χ2v) is 5.06. The molecule has 1 amide bonds. The van der Waals surface area contributed by atoms with Crippen LogP contribution in [0, 0.1) is 10.1 Å². The minimum absolute atomic E-state index is 0.0143. The Labute approximate surface area is 126 Å². The number of nitro benzene ring substituents is 1. The number of hydrogen-bond donors (Lipinski definition) is 1. The summed E-state index contributed by atoms with van der Waals surface area (Å²) in [4.78, 5) is 34.8. The van der Waals surface area contributed by atoms with Crippen LogP contribution < -0.4 is 4.74 Å². The maximum Gasteiger partial charge on any atom is 0.326 e. The quantitative estimate of drug-likeness (QED) is 0.603. The van der Waals surface area contributed by atoms with E-state index < -0.39 is 29.4 Å². The zero-order valence-corrected chi connectivity index (χ0v) is 12.0. The molecule has 1 atom stereocenters. The molecule has 1 aromatic carbocycles. The second kappa shape index (κ2) is 6.42. The van der Waals surface area contributed by atoms with Crippen molar-refractivity contribution < 1.29 is 24.4 Å². The van der Waals surface area contributed by atoms with Crippen molar-refractivity contribution in [3.63, 3.8) is 0 Å². The molecule has 1 N–H and O–H groups in total. The molecule has 118 valence electrons. The van der Waals surface area contributed by atoms with Crippen molar-refractivity contribution in [1.29, 1.82) is 0 Å². The van der Waals surface area contributed by atoms with Crippen LogP contribution >= 0.6 is 0 Å². The van der Waals surface area contributed by atoms with Crippen LogP contribution in [0.2, 0.25) is 0 Å². The van der Waals surface area contributed by atoms with Crippen molar-refractivity contribution >= 4 is 17.6 Å². The van der Waals surface area contributed by atoms with Crippen molar-refractivity contribution in [3.05, 3.63) is 34.4 Å². The van der Waals surface area contributed by atoms with Gasteiger partial charge in [0.15, 0.2) is 12.4 Å². The third-order valence-electron chi connectivity index (χ3n) is 3.42. The summed E-state index contributed by atoms with van der Waals surface area (Å²) in [5.41, 5.74) is -0.237. The lowest BCUT2D eigenvalue weighted by Crippen LogP contribution is -2.46. The topological polar surface area (TPSA) is 110 Å². The van der Waals surface area contributed by atoms with Crippen LogP contribution in [-0.2, 0) is 9.59 Å². The summed E-state index contributed by atoms with van der Waals surface area (Å²) in [6.07, 6.45) is 1.52. The van der Waals surface area contributed by atoms with Crippen LogP contribution in [0.4, 0.5) is 5.69 Å².